The molecule has 3 N–H and O–H groups in total. The molecule has 43 heavy (non-hydrogen) atoms. The van der Waals surface area contributed by atoms with Crippen LogP contribution in [0.2, 0.25) is 0 Å². The Balaban J connectivity index is 1.84. The lowest BCUT2D eigenvalue weighted by molar-refractivity contribution is -0.539. The molecule has 0 fully saturated rings. The molecule has 0 heterocycles. The van der Waals surface area contributed by atoms with E-state index >= 15 is 0 Å². The largest absolute Gasteiger partial charge is 0.508 e. The van der Waals surface area contributed by atoms with Gasteiger partial charge in [0.05, 0.1) is 4.90 Å². The first-order valence-electron chi connectivity index (χ1n) is 13.8. The maximum absolute atomic E-state index is 12.4. The van der Waals surface area contributed by atoms with Crippen LogP contribution < -0.4 is 4.90 Å². The van der Waals surface area contributed by atoms with Crippen LogP contribution in [-0.4, -0.2) is 61.0 Å². The molecule has 0 radical (unpaired) electrons. The average molecular weight is 624 g/mol. The van der Waals surface area contributed by atoms with E-state index in [2.05, 4.69) is 18.7 Å². The van der Waals surface area contributed by atoms with Crippen molar-refractivity contribution in [2.75, 3.05) is 24.5 Å². The first-order chi connectivity index (χ1) is 20.3. The number of benzene rings is 3. The van der Waals surface area contributed by atoms with Crippen LogP contribution in [0, 0.1) is 0 Å². The Morgan fingerprint density at radius 2 is 1.44 bits per heavy atom. The number of nitrogens with zero attached hydrogens (tertiary/aromatic N) is 2. The predicted octanol–water partition coefficient (Wildman–Crippen LogP) is 5.33. The number of hydrogen-bond acceptors (Lipinski definition) is 6. The van der Waals surface area contributed by atoms with Crippen LogP contribution in [0.15, 0.2) is 106 Å². The standard InChI is InChI=1S/C32H34N2O7S2/c1-4-33(5-2)26-14-10-24(11-15-26)32(30-19-18-28(35)21-31(30)43(39,40)41)25-12-16-27(17-13-25)34(6-3)22-23-8-7-9-29(20-23)42(36,37)38/h7-21H,4-6,22H2,1-3H3,(H2,36,37,38,39,40,41)/p+1. The Bertz CT molecular complexity index is 1830. The third-order valence-electron chi connectivity index (χ3n) is 7.27. The molecule has 0 saturated carbocycles. The van der Waals surface area contributed by atoms with Crippen molar-refractivity contribution in [3.05, 3.63) is 113 Å². The van der Waals surface area contributed by atoms with Gasteiger partial charge in [-0.3, -0.25) is 9.11 Å². The lowest BCUT2D eigenvalue weighted by Crippen LogP contribution is -2.21. The smallest absolute Gasteiger partial charge is 0.295 e. The second-order valence-corrected chi connectivity index (χ2v) is 12.7. The average Bonchev–Trinajstić information content (AvgIpc) is 2.98. The third kappa shape index (κ3) is 7.49. The van der Waals surface area contributed by atoms with Gasteiger partial charge in [-0.1, -0.05) is 24.3 Å². The van der Waals surface area contributed by atoms with Gasteiger partial charge in [-0.2, -0.15) is 16.8 Å². The second-order valence-electron chi connectivity index (χ2n) is 9.93. The summed E-state index contributed by atoms with van der Waals surface area (Å²) in [6, 6.07) is 17.7. The highest BCUT2D eigenvalue weighted by Crippen LogP contribution is 2.36. The van der Waals surface area contributed by atoms with Gasteiger partial charge in [-0.05, 0) is 86.0 Å². The topological polar surface area (TPSA) is 135 Å². The van der Waals surface area contributed by atoms with Crippen LogP contribution in [0.5, 0.6) is 5.75 Å². The highest BCUT2D eigenvalue weighted by molar-refractivity contribution is 7.86. The van der Waals surface area contributed by atoms with Crippen molar-refractivity contribution in [1.82, 2.24) is 0 Å². The summed E-state index contributed by atoms with van der Waals surface area (Å²) in [7, 11) is -9.01. The zero-order valence-corrected chi connectivity index (χ0v) is 25.8. The van der Waals surface area contributed by atoms with Crippen molar-refractivity contribution in [2.45, 2.75) is 37.1 Å². The summed E-state index contributed by atoms with van der Waals surface area (Å²) < 4.78 is 69.5. The SMILES string of the molecule is CCN(CC)c1ccc(C(=C2C=CC(=[N+](CC)Cc3cccc(S(=O)(=O)O)c3)C=C2)c2ccc(O)cc2S(=O)(=O)O)cc1. The minimum absolute atomic E-state index is 0.175. The quantitative estimate of drug-likeness (QED) is 0.204. The van der Waals surface area contributed by atoms with E-state index in [1.165, 1.54) is 24.3 Å². The summed E-state index contributed by atoms with van der Waals surface area (Å²) in [6.07, 6.45) is 7.45. The van der Waals surface area contributed by atoms with E-state index in [1.54, 1.807) is 12.1 Å². The normalized spacial score (nSPS) is 13.3. The Labute approximate surface area is 252 Å². The van der Waals surface area contributed by atoms with Crippen molar-refractivity contribution in [2.24, 2.45) is 0 Å². The predicted molar refractivity (Wildman–Crippen MR) is 168 cm³/mol. The highest BCUT2D eigenvalue weighted by Gasteiger charge is 2.23. The van der Waals surface area contributed by atoms with Crippen LogP contribution in [0.3, 0.4) is 0 Å². The number of phenols is 1. The maximum Gasteiger partial charge on any atom is 0.295 e. The molecule has 0 saturated heterocycles. The molecule has 226 valence electrons. The Morgan fingerprint density at radius 3 is 2.00 bits per heavy atom. The van der Waals surface area contributed by atoms with Gasteiger partial charge in [-0.25, -0.2) is 4.58 Å². The molecule has 11 heteroatoms. The zero-order valence-electron chi connectivity index (χ0n) is 24.2. The zero-order chi connectivity index (χ0) is 31.4. The molecule has 0 bridgehead atoms. The van der Waals surface area contributed by atoms with Crippen molar-refractivity contribution in [3.63, 3.8) is 0 Å². The lowest BCUT2D eigenvalue weighted by atomic mass is 9.90. The van der Waals surface area contributed by atoms with E-state index < -0.39 is 25.1 Å². The van der Waals surface area contributed by atoms with Crippen molar-refractivity contribution in [3.8, 4) is 5.75 Å². The highest BCUT2D eigenvalue weighted by atomic mass is 32.2. The molecular formula is C32H35N2O7S2+. The third-order valence-corrected chi connectivity index (χ3v) is 9.01. The van der Waals surface area contributed by atoms with Gasteiger partial charge in [0.25, 0.3) is 20.2 Å². The molecule has 3 aromatic carbocycles. The molecule has 0 unspecified atom stereocenters. The number of anilines is 1. The fourth-order valence-electron chi connectivity index (χ4n) is 5.09. The fourth-order valence-corrected chi connectivity index (χ4v) is 6.35. The second kappa shape index (κ2) is 13.1. The van der Waals surface area contributed by atoms with Gasteiger partial charge in [0, 0.05) is 48.1 Å². The van der Waals surface area contributed by atoms with Crippen LogP contribution in [0.1, 0.15) is 37.5 Å². The lowest BCUT2D eigenvalue weighted by Gasteiger charge is -2.22. The van der Waals surface area contributed by atoms with E-state index in [0.717, 1.165) is 30.6 Å². The van der Waals surface area contributed by atoms with E-state index in [4.69, 9.17) is 0 Å². The summed E-state index contributed by atoms with van der Waals surface area (Å²) in [5, 5.41) is 10.0. The van der Waals surface area contributed by atoms with Crippen molar-refractivity contribution >= 4 is 37.2 Å². The number of rotatable bonds is 10. The number of phenolic OH excluding ortho intramolecular Hbond substituents is 1. The van der Waals surface area contributed by atoms with Gasteiger partial charge in [-0.15, -0.1) is 0 Å². The van der Waals surface area contributed by atoms with Gasteiger partial charge < -0.3 is 10.0 Å². The van der Waals surface area contributed by atoms with Crippen LogP contribution in [0.4, 0.5) is 5.69 Å². The molecular weight excluding hydrogens is 588 g/mol. The Hall–Kier alpha value is -4.03. The molecule has 9 nitrogen and oxygen atoms in total. The van der Waals surface area contributed by atoms with Crippen molar-refractivity contribution < 1.29 is 35.6 Å². The maximum atomic E-state index is 12.4. The summed E-state index contributed by atoms with van der Waals surface area (Å²) in [5.41, 5.74) is 4.73. The summed E-state index contributed by atoms with van der Waals surface area (Å²) in [6.45, 7) is 8.73. The first-order valence-corrected chi connectivity index (χ1v) is 16.7. The Morgan fingerprint density at radius 1 is 0.791 bits per heavy atom. The molecule has 1 aliphatic carbocycles. The first kappa shape index (κ1) is 31.9. The molecule has 4 rings (SSSR count). The van der Waals surface area contributed by atoms with Gasteiger partial charge in [0.1, 0.15) is 17.2 Å². The van der Waals surface area contributed by atoms with Crippen LogP contribution >= 0.6 is 0 Å². The molecule has 0 atom stereocenters. The molecule has 0 aromatic heterocycles. The minimum Gasteiger partial charge on any atom is -0.508 e. The van der Waals surface area contributed by atoms with E-state index in [9.17, 15) is 31.0 Å². The monoisotopic (exact) mass is 623 g/mol. The van der Waals surface area contributed by atoms with Gasteiger partial charge in [0.2, 0.25) is 0 Å². The molecule has 0 aliphatic heterocycles. The van der Waals surface area contributed by atoms with E-state index in [-0.39, 0.29) is 16.2 Å². The summed E-state index contributed by atoms with van der Waals surface area (Å²) in [4.78, 5) is 1.60. The summed E-state index contributed by atoms with van der Waals surface area (Å²) >= 11 is 0. The molecule has 0 spiro atoms. The van der Waals surface area contributed by atoms with Crippen molar-refractivity contribution in [1.29, 1.82) is 0 Å². The number of hydrogen-bond donors (Lipinski definition) is 3. The minimum atomic E-state index is -4.68. The fraction of sp³-hybridized carbons (Fsp3) is 0.219. The van der Waals surface area contributed by atoms with E-state index in [1.807, 2.05) is 60.1 Å². The molecule has 0 amide bonds. The van der Waals surface area contributed by atoms with Gasteiger partial charge in [0.15, 0.2) is 12.3 Å². The van der Waals surface area contributed by atoms with Crippen LogP contribution in [0.25, 0.3) is 5.57 Å². The number of aromatic hydroxyl groups is 1. The molecule has 1 aliphatic rings. The van der Waals surface area contributed by atoms with Crippen LogP contribution in [-0.2, 0) is 26.8 Å². The van der Waals surface area contributed by atoms with E-state index in [0.29, 0.717) is 35.4 Å². The molecule has 3 aromatic rings. The number of allylic oxidation sites excluding steroid dienone is 5. The van der Waals surface area contributed by atoms with Gasteiger partial charge >= 0.3 is 0 Å². The Kier molecular flexibility index (Phi) is 9.71. The summed E-state index contributed by atoms with van der Waals surface area (Å²) in [5.74, 6) is -0.292.